The highest BCUT2D eigenvalue weighted by Gasteiger charge is 2.24. The first kappa shape index (κ1) is 18.1. The molecule has 0 heterocycles. The molecule has 4 nitrogen and oxygen atoms in total. The van der Waals surface area contributed by atoms with Gasteiger partial charge < -0.3 is 10.4 Å². The van der Waals surface area contributed by atoms with Gasteiger partial charge in [0.25, 0.3) is 0 Å². The molecule has 0 radical (unpaired) electrons. The smallest absolute Gasteiger partial charge is 0.242 e. The second-order valence-corrected chi connectivity index (χ2v) is 5.67. The Bertz CT molecular complexity index is 663. The molecule has 0 aliphatic rings. The lowest BCUT2D eigenvalue weighted by Gasteiger charge is -2.27. The molecule has 2 atom stereocenters. The van der Waals surface area contributed by atoms with Gasteiger partial charge in [-0.15, -0.1) is 0 Å². The van der Waals surface area contributed by atoms with Crippen LogP contribution in [0.5, 0.6) is 0 Å². The van der Waals surface area contributed by atoms with Gasteiger partial charge >= 0.3 is 0 Å². The first-order valence-electron chi connectivity index (χ1n) is 8.00. The summed E-state index contributed by atoms with van der Waals surface area (Å²) in [7, 11) is 1.87. The van der Waals surface area contributed by atoms with E-state index in [9.17, 15) is 14.3 Å². The van der Waals surface area contributed by atoms with E-state index in [0.29, 0.717) is 6.54 Å². The summed E-state index contributed by atoms with van der Waals surface area (Å²) < 4.78 is 13.7. The van der Waals surface area contributed by atoms with Crippen LogP contribution >= 0.6 is 0 Å². The molecule has 2 unspecified atom stereocenters. The summed E-state index contributed by atoms with van der Waals surface area (Å²) >= 11 is 0. The molecule has 5 heteroatoms. The van der Waals surface area contributed by atoms with E-state index in [-0.39, 0.29) is 18.0 Å². The maximum absolute atomic E-state index is 13.7. The highest BCUT2D eigenvalue weighted by atomic mass is 19.1. The highest BCUT2D eigenvalue weighted by molar-refractivity contribution is 5.83. The third-order valence-corrected chi connectivity index (χ3v) is 4.04. The topological polar surface area (TPSA) is 52.6 Å². The fourth-order valence-electron chi connectivity index (χ4n) is 2.57. The average Bonchev–Trinajstić information content (AvgIpc) is 2.61. The lowest BCUT2D eigenvalue weighted by Crippen LogP contribution is -2.40. The Morgan fingerprint density at radius 1 is 1.17 bits per heavy atom. The number of aliphatic hydroxyl groups excluding tert-OH is 1. The normalized spacial score (nSPS) is 13.5. The summed E-state index contributed by atoms with van der Waals surface area (Å²) in [6.45, 7) is 2.63. The second-order valence-electron chi connectivity index (χ2n) is 5.67. The van der Waals surface area contributed by atoms with Crippen molar-refractivity contribution in [2.45, 2.75) is 19.1 Å². The fourth-order valence-corrected chi connectivity index (χ4v) is 2.57. The first-order chi connectivity index (χ1) is 11.5. The van der Waals surface area contributed by atoms with Crippen LogP contribution in [-0.2, 0) is 4.79 Å². The first-order valence-corrected chi connectivity index (χ1v) is 8.00. The Hall–Kier alpha value is -2.24. The molecule has 2 aromatic rings. The number of likely N-dealkylation sites (N-methyl/N-ethyl adjacent to an activating group) is 1. The molecule has 128 valence electrons. The van der Waals surface area contributed by atoms with E-state index >= 15 is 0 Å². The van der Waals surface area contributed by atoms with E-state index in [1.54, 1.807) is 12.1 Å². The van der Waals surface area contributed by atoms with Crippen molar-refractivity contribution in [1.29, 1.82) is 0 Å². The maximum atomic E-state index is 13.7. The van der Waals surface area contributed by atoms with Crippen LogP contribution in [0.3, 0.4) is 0 Å². The predicted molar refractivity (Wildman–Crippen MR) is 91.9 cm³/mol. The molecule has 0 aromatic heterocycles. The summed E-state index contributed by atoms with van der Waals surface area (Å²) in [6.07, 6.45) is -1.08. The summed E-state index contributed by atoms with van der Waals surface area (Å²) in [5.74, 6) is -0.703. The summed E-state index contributed by atoms with van der Waals surface area (Å²) in [5.41, 5.74) is 1.05. The standard InChI is InChI=1S/C19H23FN2O2/c1-3-22(2)18(14-9-5-4-6-10-14)19(24)21-13-17(23)15-11-7-8-12-16(15)20/h4-12,17-18,23H,3,13H2,1-2H3,(H,21,24). The molecule has 0 saturated carbocycles. The molecule has 24 heavy (non-hydrogen) atoms. The minimum Gasteiger partial charge on any atom is -0.386 e. The van der Waals surface area contributed by atoms with Crippen molar-refractivity contribution >= 4 is 5.91 Å². The average molecular weight is 330 g/mol. The van der Waals surface area contributed by atoms with Crippen molar-refractivity contribution in [2.24, 2.45) is 0 Å². The number of hydrogen-bond acceptors (Lipinski definition) is 3. The number of nitrogens with zero attached hydrogens (tertiary/aromatic N) is 1. The number of amides is 1. The SMILES string of the molecule is CCN(C)C(C(=O)NCC(O)c1ccccc1F)c1ccccc1. The van der Waals surface area contributed by atoms with Crippen molar-refractivity contribution in [1.82, 2.24) is 10.2 Å². The van der Waals surface area contributed by atoms with Crippen molar-refractivity contribution < 1.29 is 14.3 Å². The van der Waals surface area contributed by atoms with E-state index in [4.69, 9.17) is 0 Å². The predicted octanol–water partition coefficient (Wildman–Crippen LogP) is 2.67. The molecule has 2 N–H and O–H groups in total. The van der Waals surface area contributed by atoms with Crippen molar-refractivity contribution in [3.63, 3.8) is 0 Å². The number of benzene rings is 2. The Labute approximate surface area is 141 Å². The van der Waals surface area contributed by atoms with Gasteiger partial charge in [-0.05, 0) is 25.2 Å². The molecule has 2 rings (SSSR count). The van der Waals surface area contributed by atoms with Gasteiger partial charge in [-0.25, -0.2) is 4.39 Å². The van der Waals surface area contributed by atoms with Gasteiger partial charge in [0.1, 0.15) is 11.9 Å². The molecular weight excluding hydrogens is 307 g/mol. The number of carbonyl (C=O) groups is 1. The van der Waals surface area contributed by atoms with E-state index in [0.717, 1.165) is 5.56 Å². The Morgan fingerprint density at radius 2 is 1.79 bits per heavy atom. The van der Waals surface area contributed by atoms with Gasteiger partial charge in [-0.3, -0.25) is 9.69 Å². The third kappa shape index (κ3) is 4.40. The lowest BCUT2D eigenvalue weighted by molar-refractivity contribution is -0.126. The van der Waals surface area contributed by atoms with Crippen LogP contribution in [0.15, 0.2) is 54.6 Å². The van der Waals surface area contributed by atoms with Crippen LogP contribution in [0, 0.1) is 5.82 Å². The van der Waals surface area contributed by atoms with Crippen LogP contribution in [0.25, 0.3) is 0 Å². The molecule has 0 spiro atoms. The van der Waals surface area contributed by atoms with E-state index in [1.165, 1.54) is 12.1 Å². The van der Waals surface area contributed by atoms with Crippen molar-refractivity contribution in [3.8, 4) is 0 Å². The van der Waals surface area contributed by atoms with Gasteiger partial charge in [0.15, 0.2) is 0 Å². The molecule has 1 amide bonds. The van der Waals surface area contributed by atoms with E-state index in [1.807, 2.05) is 49.2 Å². The maximum Gasteiger partial charge on any atom is 0.242 e. The second kappa shape index (κ2) is 8.57. The van der Waals surface area contributed by atoms with Gasteiger partial charge in [0, 0.05) is 12.1 Å². The van der Waals surface area contributed by atoms with Crippen molar-refractivity contribution in [3.05, 3.63) is 71.5 Å². The zero-order chi connectivity index (χ0) is 17.5. The number of hydrogen-bond donors (Lipinski definition) is 2. The van der Waals surface area contributed by atoms with Crippen LogP contribution < -0.4 is 5.32 Å². The minimum absolute atomic E-state index is 0.0410. The summed E-state index contributed by atoms with van der Waals surface area (Å²) in [6, 6.07) is 15.0. The molecule has 0 aliphatic carbocycles. The zero-order valence-corrected chi connectivity index (χ0v) is 13.9. The lowest BCUT2D eigenvalue weighted by atomic mass is 10.0. The zero-order valence-electron chi connectivity index (χ0n) is 13.9. The monoisotopic (exact) mass is 330 g/mol. The Kier molecular flexibility index (Phi) is 6.46. The van der Waals surface area contributed by atoms with Gasteiger partial charge in [0.2, 0.25) is 5.91 Å². The molecular formula is C19H23FN2O2. The summed E-state index contributed by atoms with van der Waals surface area (Å²) in [4.78, 5) is 14.5. The molecule has 2 aromatic carbocycles. The van der Waals surface area contributed by atoms with Crippen LogP contribution in [0.4, 0.5) is 4.39 Å². The van der Waals surface area contributed by atoms with Crippen LogP contribution in [0.1, 0.15) is 30.2 Å². The highest BCUT2D eigenvalue weighted by Crippen LogP contribution is 2.20. The largest absolute Gasteiger partial charge is 0.386 e. The molecule has 0 saturated heterocycles. The number of halogens is 1. The van der Waals surface area contributed by atoms with Crippen LogP contribution in [0.2, 0.25) is 0 Å². The Balaban J connectivity index is 2.07. The van der Waals surface area contributed by atoms with Crippen molar-refractivity contribution in [2.75, 3.05) is 20.1 Å². The van der Waals surface area contributed by atoms with Gasteiger partial charge in [-0.1, -0.05) is 55.5 Å². The number of carbonyl (C=O) groups excluding carboxylic acids is 1. The Morgan fingerprint density at radius 3 is 2.42 bits per heavy atom. The number of aliphatic hydroxyl groups is 1. The number of nitrogens with one attached hydrogen (secondary N) is 1. The van der Waals surface area contributed by atoms with Crippen LogP contribution in [-0.4, -0.2) is 36.1 Å². The minimum atomic E-state index is -1.08. The number of rotatable bonds is 7. The van der Waals surface area contributed by atoms with Gasteiger partial charge in [0.05, 0.1) is 6.10 Å². The third-order valence-electron chi connectivity index (χ3n) is 4.04. The molecule has 0 aliphatic heterocycles. The summed E-state index contributed by atoms with van der Waals surface area (Å²) in [5, 5.41) is 12.9. The molecule has 0 fully saturated rings. The fraction of sp³-hybridized carbons (Fsp3) is 0.316. The van der Waals surface area contributed by atoms with E-state index < -0.39 is 18.0 Å². The van der Waals surface area contributed by atoms with E-state index in [2.05, 4.69) is 5.32 Å². The van der Waals surface area contributed by atoms with Gasteiger partial charge in [-0.2, -0.15) is 0 Å². The quantitative estimate of drug-likeness (QED) is 0.821. The molecule has 0 bridgehead atoms.